The van der Waals surface area contributed by atoms with Gasteiger partial charge in [0.1, 0.15) is 0 Å². The van der Waals surface area contributed by atoms with Gasteiger partial charge in [-0.2, -0.15) is 0 Å². The Morgan fingerprint density at radius 3 is 2.75 bits per heavy atom. The molecule has 1 N–H and O–H groups in total. The molecule has 0 amide bonds. The van der Waals surface area contributed by atoms with E-state index in [2.05, 4.69) is 21.9 Å². The minimum Gasteiger partial charge on any atom is -0.478 e. The Labute approximate surface area is 103 Å². The summed E-state index contributed by atoms with van der Waals surface area (Å²) in [6, 6.07) is 4.91. The van der Waals surface area contributed by atoms with Crippen LogP contribution >= 0.6 is 15.9 Å². The maximum absolute atomic E-state index is 10.8. The molecule has 0 unspecified atom stereocenters. The number of carbonyl (C=O) groups is 1. The summed E-state index contributed by atoms with van der Waals surface area (Å²) in [6.45, 7) is 3.27. The van der Waals surface area contributed by atoms with Crippen LogP contribution in [0.1, 0.15) is 17.3 Å². The molecule has 0 aromatic heterocycles. The highest BCUT2D eigenvalue weighted by Crippen LogP contribution is 2.27. The first-order valence-electron chi connectivity index (χ1n) is 4.81. The van der Waals surface area contributed by atoms with Crippen molar-refractivity contribution in [2.24, 2.45) is 0 Å². The molecule has 4 heteroatoms. The van der Waals surface area contributed by atoms with E-state index in [9.17, 15) is 4.79 Å². The first-order chi connectivity index (χ1) is 7.60. The first-order valence-corrected chi connectivity index (χ1v) is 5.60. The third kappa shape index (κ3) is 2.77. The van der Waals surface area contributed by atoms with Crippen molar-refractivity contribution in [1.29, 1.82) is 0 Å². The molecule has 0 radical (unpaired) electrons. The minimum atomic E-state index is -0.938. The summed E-state index contributed by atoms with van der Waals surface area (Å²) in [5.41, 5.74) is 1.16. The molecule has 1 rings (SSSR count). The van der Waals surface area contributed by atoms with Crippen LogP contribution in [0.4, 0.5) is 5.69 Å². The maximum atomic E-state index is 10.8. The summed E-state index contributed by atoms with van der Waals surface area (Å²) < 4.78 is 0.740. The molecule has 0 heterocycles. The van der Waals surface area contributed by atoms with Crippen molar-refractivity contribution in [3.05, 3.63) is 28.2 Å². The van der Waals surface area contributed by atoms with Crippen LogP contribution in [-0.4, -0.2) is 24.2 Å². The van der Waals surface area contributed by atoms with Crippen molar-refractivity contribution in [2.75, 3.05) is 18.0 Å². The van der Waals surface area contributed by atoms with Gasteiger partial charge in [0.05, 0.1) is 17.8 Å². The summed E-state index contributed by atoms with van der Waals surface area (Å²) in [7, 11) is 0. The summed E-state index contributed by atoms with van der Waals surface area (Å²) in [6.07, 6.45) is 5.27. The van der Waals surface area contributed by atoms with Crippen LogP contribution in [0.15, 0.2) is 22.7 Å². The van der Waals surface area contributed by atoms with Gasteiger partial charge in [-0.15, -0.1) is 6.42 Å². The van der Waals surface area contributed by atoms with Gasteiger partial charge in [-0.05, 0) is 41.1 Å². The number of carboxylic acids is 1. The molecule has 0 aliphatic carbocycles. The van der Waals surface area contributed by atoms with Crippen molar-refractivity contribution < 1.29 is 9.90 Å². The lowest BCUT2D eigenvalue weighted by atomic mass is 10.2. The van der Waals surface area contributed by atoms with E-state index in [1.165, 1.54) is 0 Å². The van der Waals surface area contributed by atoms with Crippen molar-refractivity contribution in [3.63, 3.8) is 0 Å². The van der Waals surface area contributed by atoms with E-state index >= 15 is 0 Å². The van der Waals surface area contributed by atoms with Gasteiger partial charge in [-0.3, -0.25) is 0 Å². The molecular weight excluding hydrogens is 270 g/mol. The van der Waals surface area contributed by atoms with Crippen molar-refractivity contribution in [3.8, 4) is 12.3 Å². The molecule has 0 atom stereocenters. The number of terminal acetylenes is 1. The molecule has 16 heavy (non-hydrogen) atoms. The fourth-order valence-corrected chi connectivity index (χ4v) is 2.00. The second kappa shape index (κ2) is 5.57. The van der Waals surface area contributed by atoms with Gasteiger partial charge in [0.15, 0.2) is 0 Å². The average Bonchev–Trinajstić information content (AvgIpc) is 2.26. The third-order valence-electron chi connectivity index (χ3n) is 2.20. The summed E-state index contributed by atoms with van der Waals surface area (Å²) in [4.78, 5) is 12.7. The van der Waals surface area contributed by atoms with Crippen LogP contribution in [0, 0.1) is 12.3 Å². The van der Waals surface area contributed by atoms with Gasteiger partial charge >= 0.3 is 5.97 Å². The normalized spacial score (nSPS) is 9.56. The predicted octanol–water partition coefficient (Wildman–Crippen LogP) is 2.61. The van der Waals surface area contributed by atoms with Crippen molar-refractivity contribution >= 4 is 27.6 Å². The van der Waals surface area contributed by atoms with Gasteiger partial charge in [0.2, 0.25) is 0 Å². The van der Waals surface area contributed by atoms with Crippen LogP contribution in [0.5, 0.6) is 0 Å². The van der Waals surface area contributed by atoms with Gasteiger partial charge in [0.25, 0.3) is 0 Å². The summed E-state index contributed by atoms with van der Waals surface area (Å²) in [5, 5.41) is 8.83. The third-order valence-corrected chi connectivity index (χ3v) is 2.83. The molecule has 0 saturated carbocycles. The zero-order valence-electron chi connectivity index (χ0n) is 8.90. The number of halogens is 1. The predicted molar refractivity (Wildman–Crippen MR) is 67.8 cm³/mol. The number of hydrogen-bond acceptors (Lipinski definition) is 2. The van der Waals surface area contributed by atoms with E-state index in [0.717, 1.165) is 16.7 Å². The van der Waals surface area contributed by atoms with Crippen LogP contribution in [0.3, 0.4) is 0 Å². The zero-order valence-corrected chi connectivity index (χ0v) is 10.5. The van der Waals surface area contributed by atoms with Crippen molar-refractivity contribution in [2.45, 2.75) is 6.92 Å². The van der Waals surface area contributed by atoms with Gasteiger partial charge < -0.3 is 10.0 Å². The molecule has 1 aromatic rings. The molecule has 84 valence electrons. The van der Waals surface area contributed by atoms with Crippen LogP contribution < -0.4 is 4.90 Å². The highest BCUT2D eigenvalue weighted by Gasteiger charge is 2.10. The highest BCUT2D eigenvalue weighted by atomic mass is 79.9. The van der Waals surface area contributed by atoms with E-state index in [0.29, 0.717) is 6.54 Å². The van der Waals surface area contributed by atoms with E-state index in [4.69, 9.17) is 11.5 Å². The van der Waals surface area contributed by atoms with Gasteiger partial charge in [-0.25, -0.2) is 4.79 Å². The lowest BCUT2D eigenvalue weighted by molar-refractivity contribution is 0.0697. The Balaban J connectivity index is 3.07. The Hall–Kier alpha value is -1.47. The number of nitrogens with zero attached hydrogens (tertiary/aromatic N) is 1. The van der Waals surface area contributed by atoms with Crippen molar-refractivity contribution in [1.82, 2.24) is 0 Å². The Kier molecular flexibility index (Phi) is 4.39. The van der Waals surface area contributed by atoms with E-state index in [1.54, 1.807) is 18.2 Å². The Bertz CT molecular complexity index is 437. The largest absolute Gasteiger partial charge is 0.478 e. The second-order valence-corrected chi connectivity index (χ2v) is 4.04. The number of aromatic carboxylic acids is 1. The first kappa shape index (κ1) is 12.6. The molecule has 0 saturated heterocycles. The molecule has 0 spiro atoms. The standard InChI is InChI=1S/C12H12BrNO2/c1-3-7-14(4-2)11-6-5-9(12(15)16)8-10(11)13/h1,5-6,8H,4,7H2,2H3,(H,15,16). The SMILES string of the molecule is C#CCN(CC)c1ccc(C(=O)O)cc1Br. The smallest absolute Gasteiger partial charge is 0.335 e. The second-order valence-electron chi connectivity index (χ2n) is 3.19. The van der Waals surface area contributed by atoms with E-state index in [1.807, 2.05) is 11.8 Å². The fraction of sp³-hybridized carbons (Fsp3) is 0.250. The summed E-state index contributed by atoms with van der Waals surface area (Å²) >= 11 is 3.35. The van der Waals surface area contributed by atoms with Gasteiger partial charge in [0, 0.05) is 11.0 Å². The lowest BCUT2D eigenvalue weighted by Crippen LogP contribution is -2.23. The molecule has 0 aliphatic heterocycles. The van der Waals surface area contributed by atoms with Crippen LogP contribution in [0.2, 0.25) is 0 Å². The van der Waals surface area contributed by atoms with E-state index in [-0.39, 0.29) is 5.56 Å². The maximum Gasteiger partial charge on any atom is 0.335 e. The molecule has 3 nitrogen and oxygen atoms in total. The highest BCUT2D eigenvalue weighted by molar-refractivity contribution is 9.10. The molecule has 0 fully saturated rings. The molecule has 1 aromatic carbocycles. The van der Waals surface area contributed by atoms with E-state index < -0.39 is 5.97 Å². The Morgan fingerprint density at radius 1 is 1.62 bits per heavy atom. The van der Waals surface area contributed by atoms with Gasteiger partial charge in [-0.1, -0.05) is 5.92 Å². The average molecular weight is 282 g/mol. The number of benzene rings is 1. The number of rotatable bonds is 4. The van der Waals surface area contributed by atoms with Crippen LogP contribution in [-0.2, 0) is 0 Å². The quantitative estimate of drug-likeness (QED) is 0.863. The topological polar surface area (TPSA) is 40.5 Å². The number of hydrogen-bond donors (Lipinski definition) is 1. The number of carboxylic acid groups (broad SMARTS) is 1. The fourth-order valence-electron chi connectivity index (χ4n) is 1.37. The zero-order chi connectivity index (χ0) is 12.1. The molecular formula is C12H12BrNO2. The lowest BCUT2D eigenvalue weighted by Gasteiger charge is -2.21. The monoisotopic (exact) mass is 281 g/mol. The Morgan fingerprint density at radius 2 is 2.31 bits per heavy atom. The summed E-state index contributed by atoms with van der Waals surface area (Å²) in [5.74, 6) is 1.63. The van der Waals surface area contributed by atoms with Crippen LogP contribution in [0.25, 0.3) is 0 Å². The number of anilines is 1. The molecule has 0 bridgehead atoms. The molecule has 0 aliphatic rings. The minimum absolute atomic E-state index is 0.257.